The summed E-state index contributed by atoms with van der Waals surface area (Å²) >= 11 is 0. The van der Waals surface area contributed by atoms with Gasteiger partial charge in [0.1, 0.15) is 13.2 Å². The fourth-order valence-corrected chi connectivity index (χ4v) is 2.73. The second kappa shape index (κ2) is 7.34. The van der Waals surface area contributed by atoms with E-state index in [0.29, 0.717) is 49.3 Å². The van der Waals surface area contributed by atoms with Crippen LogP contribution in [0.1, 0.15) is 29.8 Å². The maximum Gasteiger partial charge on any atom is 0.254 e. The maximum atomic E-state index is 13.0. The highest BCUT2D eigenvalue weighted by Gasteiger charge is 2.20. The molecule has 0 N–H and O–H groups in total. The molecule has 0 spiro atoms. The summed E-state index contributed by atoms with van der Waals surface area (Å²) in [6.07, 6.45) is 3.53. The molecule has 24 heavy (non-hydrogen) atoms. The van der Waals surface area contributed by atoms with Gasteiger partial charge in [0.15, 0.2) is 11.5 Å². The summed E-state index contributed by atoms with van der Waals surface area (Å²) in [5.41, 5.74) is 1.63. The Bertz CT molecular complexity index is 701. The highest BCUT2D eigenvalue weighted by atomic mass is 16.6. The number of carbonyl (C=O) groups is 1. The number of pyridine rings is 1. The number of rotatable bonds is 5. The SMILES string of the molecule is CC(C)CN(Cc1cccnc1)C(=O)c1ccc2c(c1)OCCO2. The normalized spacial score (nSPS) is 13.0. The molecule has 0 unspecified atom stereocenters. The van der Waals surface area contributed by atoms with Crippen LogP contribution in [0.4, 0.5) is 0 Å². The van der Waals surface area contributed by atoms with Crippen LogP contribution in [-0.4, -0.2) is 35.5 Å². The first-order chi connectivity index (χ1) is 11.6. The van der Waals surface area contributed by atoms with Crippen molar-refractivity contribution in [3.63, 3.8) is 0 Å². The molecule has 1 amide bonds. The van der Waals surface area contributed by atoms with E-state index in [1.807, 2.05) is 17.0 Å². The Morgan fingerprint density at radius 2 is 2.00 bits per heavy atom. The summed E-state index contributed by atoms with van der Waals surface area (Å²) in [6, 6.07) is 9.24. The Kier molecular flexibility index (Phi) is 4.99. The van der Waals surface area contributed by atoms with Crippen LogP contribution < -0.4 is 9.47 Å². The number of amides is 1. The van der Waals surface area contributed by atoms with Crippen molar-refractivity contribution in [2.45, 2.75) is 20.4 Å². The predicted octanol–water partition coefficient (Wildman–Crippen LogP) is 3.15. The molecule has 0 aliphatic carbocycles. The molecule has 0 fully saturated rings. The van der Waals surface area contributed by atoms with E-state index in [-0.39, 0.29) is 5.91 Å². The van der Waals surface area contributed by atoms with Crippen molar-refractivity contribution in [2.24, 2.45) is 5.92 Å². The highest BCUT2D eigenvalue weighted by Crippen LogP contribution is 2.31. The molecule has 1 aromatic heterocycles. The molecule has 0 bridgehead atoms. The van der Waals surface area contributed by atoms with Crippen LogP contribution in [0.15, 0.2) is 42.7 Å². The van der Waals surface area contributed by atoms with Crippen LogP contribution in [0, 0.1) is 5.92 Å². The molecule has 1 aliphatic rings. The number of nitrogens with zero attached hydrogens (tertiary/aromatic N) is 2. The molecule has 1 aromatic carbocycles. The number of fused-ring (bicyclic) bond motifs is 1. The van der Waals surface area contributed by atoms with E-state index >= 15 is 0 Å². The van der Waals surface area contributed by atoms with Crippen molar-refractivity contribution in [2.75, 3.05) is 19.8 Å². The van der Waals surface area contributed by atoms with Crippen LogP contribution in [0.25, 0.3) is 0 Å². The molecule has 2 aromatic rings. The largest absolute Gasteiger partial charge is 0.486 e. The van der Waals surface area contributed by atoms with E-state index in [9.17, 15) is 4.79 Å². The van der Waals surface area contributed by atoms with Crippen LogP contribution in [-0.2, 0) is 6.54 Å². The number of ether oxygens (including phenoxy) is 2. The Labute approximate surface area is 142 Å². The van der Waals surface area contributed by atoms with Gasteiger partial charge in [-0.05, 0) is 35.7 Å². The van der Waals surface area contributed by atoms with Crippen molar-refractivity contribution in [3.05, 3.63) is 53.9 Å². The first-order valence-electron chi connectivity index (χ1n) is 8.21. The molecule has 126 valence electrons. The molecule has 5 heteroatoms. The molecule has 5 nitrogen and oxygen atoms in total. The van der Waals surface area contributed by atoms with Gasteiger partial charge >= 0.3 is 0 Å². The fourth-order valence-electron chi connectivity index (χ4n) is 2.73. The lowest BCUT2D eigenvalue weighted by molar-refractivity contribution is 0.0721. The van der Waals surface area contributed by atoms with Crippen LogP contribution >= 0.6 is 0 Å². The smallest absolute Gasteiger partial charge is 0.254 e. The first-order valence-corrected chi connectivity index (χ1v) is 8.21. The summed E-state index contributed by atoms with van der Waals surface area (Å²) in [5.74, 6) is 1.70. The first kappa shape index (κ1) is 16.3. The third kappa shape index (κ3) is 3.85. The number of hydrogen-bond donors (Lipinski definition) is 0. The molecule has 2 heterocycles. The lowest BCUT2D eigenvalue weighted by Gasteiger charge is -2.25. The lowest BCUT2D eigenvalue weighted by atomic mass is 10.1. The van der Waals surface area contributed by atoms with Gasteiger partial charge in [0.25, 0.3) is 5.91 Å². The second-order valence-electron chi connectivity index (χ2n) is 6.30. The van der Waals surface area contributed by atoms with Crippen molar-refractivity contribution in [3.8, 4) is 11.5 Å². The third-order valence-electron chi connectivity index (χ3n) is 3.76. The molecule has 0 atom stereocenters. The van der Waals surface area contributed by atoms with Gasteiger partial charge in [-0.2, -0.15) is 0 Å². The number of benzene rings is 1. The predicted molar refractivity (Wildman–Crippen MR) is 91.2 cm³/mol. The summed E-state index contributed by atoms with van der Waals surface area (Å²) in [5, 5.41) is 0. The highest BCUT2D eigenvalue weighted by molar-refractivity contribution is 5.95. The van der Waals surface area contributed by atoms with Gasteiger partial charge in [0, 0.05) is 31.0 Å². The number of hydrogen-bond acceptors (Lipinski definition) is 4. The van der Waals surface area contributed by atoms with Crippen molar-refractivity contribution in [1.82, 2.24) is 9.88 Å². The number of carbonyl (C=O) groups excluding carboxylic acids is 1. The summed E-state index contributed by atoms with van der Waals surface area (Å²) in [6.45, 7) is 6.49. The van der Waals surface area contributed by atoms with E-state index < -0.39 is 0 Å². The zero-order valence-corrected chi connectivity index (χ0v) is 14.1. The molecular formula is C19H22N2O3. The molecule has 0 saturated heterocycles. The zero-order valence-electron chi connectivity index (χ0n) is 14.1. The molecule has 0 saturated carbocycles. The van der Waals surface area contributed by atoms with E-state index in [1.54, 1.807) is 30.6 Å². The average molecular weight is 326 g/mol. The molecular weight excluding hydrogens is 304 g/mol. The van der Waals surface area contributed by atoms with E-state index in [4.69, 9.17) is 9.47 Å². The second-order valence-corrected chi connectivity index (χ2v) is 6.30. The monoisotopic (exact) mass is 326 g/mol. The topological polar surface area (TPSA) is 51.7 Å². The number of aromatic nitrogens is 1. The summed E-state index contributed by atoms with van der Waals surface area (Å²) < 4.78 is 11.1. The Morgan fingerprint density at radius 3 is 2.71 bits per heavy atom. The van der Waals surface area contributed by atoms with E-state index in [1.165, 1.54) is 0 Å². The van der Waals surface area contributed by atoms with Gasteiger partial charge in [-0.1, -0.05) is 19.9 Å². The van der Waals surface area contributed by atoms with Gasteiger partial charge in [0.2, 0.25) is 0 Å². The Morgan fingerprint density at radius 1 is 1.21 bits per heavy atom. The van der Waals surface area contributed by atoms with Crippen LogP contribution in [0.2, 0.25) is 0 Å². The third-order valence-corrected chi connectivity index (χ3v) is 3.76. The van der Waals surface area contributed by atoms with Gasteiger partial charge < -0.3 is 14.4 Å². The molecule has 1 aliphatic heterocycles. The molecule has 0 radical (unpaired) electrons. The van der Waals surface area contributed by atoms with Gasteiger partial charge in [0.05, 0.1) is 0 Å². The van der Waals surface area contributed by atoms with Crippen molar-refractivity contribution in [1.29, 1.82) is 0 Å². The van der Waals surface area contributed by atoms with Crippen LogP contribution in [0.5, 0.6) is 11.5 Å². The van der Waals surface area contributed by atoms with Gasteiger partial charge in [-0.3, -0.25) is 9.78 Å². The Balaban J connectivity index is 1.82. The van der Waals surface area contributed by atoms with Gasteiger partial charge in [-0.25, -0.2) is 0 Å². The van der Waals surface area contributed by atoms with Crippen molar-refractivity contribution >= 4 is 5.91 Å². The minimum Gasteiger partial charge on any atom is -0.486 e. The Hall–Kier alpha value is -2.56. The van der Waals surface area contributed by atoms with Crippen molar-refractivity contribution < 1.29 is 14.3 Å². The maximum absolute atomic E-state index is 13.0. The summed E-state index contributed by atoms with van der Waals surface area (Å²) in [4.78, 5) is 19.0. The van der Waals surface area contributed by atoms with Gasteiger partial charge in [-0.15, -0.1) is 0 Å². The molecule has 3 rings (SSSR count). The average Bonchev–Trinajstić information content (AvgIpc) is 2.60. The quantitative estimate of drug-likeness (QED) is 0.847. The summed E-state index contributed by atoms with van der Waals surface area (Å²) in [7, 11) is 0. The van der Waals surface area contributed by atoms with E-state index in [0.717, 1.165) is 5.56 Å². The standard InChI is InChI=1S/C19H22N2O3/c1-14(2)12-21(13-15-4-3-7-20-11-15)19(22)16-5-6-17-18(10-16)24-9-8-23-17/h3-7,10-11,14H,8-9,12-13H2,1-2H3. The zero-order chi connectivity index (χ0) is 16.9. The lowest BCUT2D eigenvalue weighted by Crippen LogP contribution is -2.33. The minimum absolute atomic E-state index is 0.00970. The fraction of sp³-hybridized carbons (Fsp3) is 0.368. The minimum atomic E-state index is -0.00970. The van der Waals surface area contributed by atoms with Crippen LogP contribution in [0.3, 0.4) is 0 Å². The van der Waals surface area contributed by atoms with E-state index in [2.05, 4.69) is 18.8 Å².